The van der Waals surface area contributed by atoms with Crippen molar-refractivity contribution in [3.8, 4) is 23.3 Å². The highest BCUT2D eigenvalue weighted by Crippen LogP contribution is 2.30. The van der Waals surface area contributed by atoms with Gasteiger partial charge in [-0.25, -0.2) is 4.98 Å². The van der Waals surface area contributed by atoms with E-state index in [1.165, 1.54) is 0 Å². The fourth-order valence-electron chi connectivity index (χ4n) is 2.75. The number of H-pyrrole nitrogens is 1. The number of aliphatic hydroxyl groups excluding tert-OH is 1. The summed E-state index contributed by atoms with van der Waals surface area (Å²) in [5.41, 5.74) is 5.12. The average Bonchev–Trinajstić information content (AvgIpc) is 2.93. The summed E-state index contributed by atoms with van der Waals surface area (Å²) in [5, 5.41) is 27.9. The van der Waals surface area contributed by atoms with Crippen LogP contribution < -0.4 is 0 Å². The fraction of sp³-hybridized carbons (Fsp3) is 0.167. The van der Waals surface area contributed by atoms with E-state index >= 15 is 0 Å². The van der Waals surface area contributed by atoms with Gasteiger partial charge in [0.25, 0.3) is 0 Å². The van der Waals surface area contributed by atoms with E-state index in [-0.39, 0.29) is 13.0 Å². The van der Waals surface area contributed by atoms with Crippen molar-refractivity contribution in [3.63, 3.8) is 0 Å². The second kappa shape index (κ2) is 5.92. The maximum atomic E-state index is 9.69. The second-order valence-corrected chi connectivity index (χ2v) is 5.33. The molecule has 0 saturated carbocycles. The van der Waals surface area contributed by atoms with Crippen LogP contribution in [-0.4, -0.2) is 15.1 Å². The van der Waals surface area contributed by atoms with Crippen molar-refractivity contribution in [2.24, 2.45) is 0 Å². The zero-order chi connectivity index (χ0) is 16.4. The molecule has 1 aromatic heterocycles. The smallest absolute Gasteiger partial charge is 0.104 e. The molecule has 0 bridgehead atoms. The molecule has 3 rings (SSSR count). The normalized spacial score (nSPS) is 10.4. The predicted molar refractivity (Wildman–Crippen MR) is 86.2 cm³/mol. The van der Waals surface area contributed by atoms with Gasteiger partial charge < -0.3 is 10.1 Å². The molecule has 112 valence electrons. The first-order valence-corrected chi connectivity index (χ1v) is 7.16. The van der Waals surface area contributed by atoms with Crippen LogP contribution in [0.2, 0.25) is 0 Å². The first-order valence-electron chi connectivity index (χ1n) is 7.16. The first-order chi connectivity index (χ1) is 11.2. The number of aromatic nitrogens is 2. The second-order valence-electron chi connectivity index (χ2n) is 5.33. The molecule has 5 nitrogen and oxygen atoms in total. The monoisotopic (exact) mass is 302 g/mol. The average molecular weight is 302 g/mol. The van der Waals surface area contributed by atoms with Gasteiger partial charge in [0.1, 0.15) is 5.82 Å². The molecule has 0 aliphatic rings. The molecular formula is C18H14N4O. The van der Waals surface area contributed by atoms with Crippen LogP contribution in [0.5, 0.6) is 0 Å². The van der Waals surface area contributed by atoms with Crippen molar-refractivity contribution in [3.05, 3.63) is 52.8 Å². The Balaban J connectivity index is 2.25. The first kappa shape index (κ1) is 14.8. The van der Waals surface area contributed by atoms with E-state index in [2.05, 4.69) is 22.1 Å². The number of fused-ring (bicyclic) bond motifs is 1. The molecule has 0 radical (unpaired) electrons. The minimum Gasteiger partial charge on any atom is -0.392 e. The molecule has 0 aliphatic carbocycles. The van der Waals surface area contributed by atoms with Gasteiger partial charge in [-0.05, 0) is 47.9 Å². The molecule has 0 saturated heterocycles. The van der Waals surface area contributed by atoms with Gasteiger partial charge in [-0.3, -0.25) is 0 Å². The molecule has 23 heavy (non-hydrogen) atoms. The number of nitriles is 2. The van der Waals surface area contributed by atoms with Crippen LogP contribution in [-0.2, 0) is 13.0 Å². The van der Waals surface area contributed by atoms with E-state index in [9.17, 15) is 10.4 Å². The highest BCUT2D eigenvalue weighted by atomic mass is 16.3. The third-order valence-corrected chi connectivity index (χ3v) is 3.78. The molecule has 0 spiro atoms. The minimum atomic E-state index is -0.233. The Morgan fingerprint density at radius 3 is 2.74 bits per heavy atom. The summed E-state index contributed by atoms with van der Waals surface area (Å²) < 4.78 is 0. The van der Waals surface area contributed by atoms with E-state index in [1.807, 2.05) is 31.2 Å². The summed E-state index contributed by atoms with van der Waals surface area (Å²) in [5.74, 6) is 0.829. The number of aliphatic hydroxyl groups is 1. The largest absolute Gasteiger partial charge is 0.392 e. The lowest BCUT2D eigenvalue weighted by atomic mass is 9.92. The standard InChI is InChI=1S/C18H14N4O/c1-11-21-17-3-2-13(8-18(17)22-11)15-7-12(4-5-19)6-14(9-20)16(15)10-23/h2-3,6-8,23H,4,10H2,1H3,(H,21,22). The number of rotatable bonds is 3. The van der Waals surface area contributed by atoms with Gasteiger partial charge in [0, 0.05) is 5.56 Å². The van der Waals surface area contributed by atoms with Crippen LogP contribution in [0.3, 0.4) is 0 Å². The van der Waals surface area contributed by atoms with Crippen molar-refractivity contribution in [2.45, 2.75) is 20.0 Å². The summed E-state index contributed by atoms with van der Waals surface area (Å²) in [6.45, 7) is 1.66. The third-order valence-electron chi connectivity index (χ3n) is 3.78. The lowest BCUT2D eigenvalue weighted by molar-refractivity contribution is 0.282. The molecule has 2 aromatic carbocycles. The van der Waals surface area contributed by atoms with E-state index in [4.69, 9.17) is 5.26 Å². The van der Waals surface area contributed by atoms with Crippen molar-refractivity contribution in [1.82, 2.24) is 9.97 Å². The summed E-state index contributed by atoms with van der Waals surface area (Å²) >= 11 is 0. The Hall–Kier alpha value is -3.15. The number of benzene rings is 2. The van der Waals surface area contributed by atoms with E-state index in [1.54, 1.807) is 6.07 Å². The number of hydrogen-bond acceptors (Lipinski definition) is 4. The van der Waals surface area contributed by atoms with Crippen LogP contribution >= 0.6 is 0 Å². The van der Waals surface area contributed by atoms with Gasteiger partial charge in [-0.15, -0.1) is 0 Å². The van der Waals surface area contributed by atoms with E-state index < -0.39 is 0 Å². The van der Waals surface area contributed by atoms with Gasteiger partial charge in [0.2, 0.25) is 0 Å². The topological polar surface area (TPSA) is 96.5 Å². The zero-order valence-electron chi connectivity index (χ0n) is 12.6. The summed E-state index contributed by atoms with van der Waals surface area (Å²) in [7, 11) is 0. The molecule has 0 unspecified atom stereocenters. The number of nitrogens with one attached hydrogen (secondary N) is 1. The Bertz CT molecular complexity index is 973. The number of aromatic amines is 1. The van der Waals surface area contributed by atoms with Crippen molar-refractivity contribution < 1.29 is 5.11 Å². The molecular weight excluding hydrogens is 288 g/mol. The van der Waals surface area contributed by atoms with Gasteiger partial charge in [0.05, 0.1) is 41.8 Å². The van der Waals surface area contributed by atoms with Crippen LogP contribution in [0.15, 0.2) is 30.3 Å². The summed E-state index contributed by atoms with van der Waals surface area (Å²) in [6, 6.07) is 13.5. The quantitative estimate of drug-likeness (QED) is 0.777. The highest BCUT2D eigenvalue weighted by Gasteiger charge is 2.13. The van der Waals surface area contributed by atoms with Crippen LogP contribution in [0.4, 0.5) is 0 Å². The number of imidazole rings is 1. The van der Waals surface area contributed by atoms with Crippen molar-refractivity contribution >= 4 is 11.0 Å². The number of nitrogens with zero attached hydrogens (tertiary/aromatic N) is 3. The lowest BCUT2D eigenvalue weighted by Gasteiger charge is -2.12. The summed E-state index contributed by atoms with van der Waals surface area (Å²) in [4.78, 5) is 7.58. The predicted octanol–water partition coefficient (Wildman–Crippen LogP) is 2.97. The maximum absolute atomic E-state index is 9.69. The van der Waals surface area contributed by atoms with Crippen LogP contribution in [0.25, 0.3) is 22.2 Å². The molecule has 5 heteroatoms. The Labute approximate surface area is 133 Å². The summed E-state index contributed by atoms with van der Waals surface area (Å²) in [6.07, 6.45) is 0.219. The van der Waals surface area contributed by atoms with Crippen LogP contribution in [0.1, 0.15) is 22.5 Å². The van der Waals surface area contributed by atoms with E-state index in [0.717, 1.165) is 33.5 Å². The third kappa shape index (κ3) is 2.66. The Morgan fingerprint density at radius 1 is 1.22 bits per heavy atom. The number of aryl methyl sites for hydroxylation is 1. The number of hydrogen-bond donors (Lipinski definition) is 2. The molecule has 0 amide bonds. The van der Waals surface area contributed by atoms with Gasteiger partial charge in [-0.2, -0.15) is 10.5 Å². The maximum Gasteiger partial charge on any atom is 0.104 e. The molecule has 3 aromatic rings. The minimum absolute atomic E-state index is 0.219. The zero-order valence-corrected chi connectivity index (χ0v) is 12.6. The highest BCUT2D eigenvalue weighted by molar-refractivity contribution is 5.83. The lowest BCUT2D eigenvalue weighted by Crippen LogP contribution is -1.97. The molecule has 0 aliphatic heterocycles. The molecule has 2 N–H and O–H groups in total. The fourth-order valence-corrected chi connectivity index (χ4v) is 2.75. The molecule has 1 heterocycles. The van der Waals surface area contributed by atoms with Gasteiger partial charge >= 0.3 is 0 Å². The molecule has 0 fully saturated rings. The van der Waals surface area contributed by atoms with Crippen LogP contribution in [0, 0.1) is 29.6 Å². The SMILES string of the molecule is Cc1nc2cc(-c3cc(CC#N)cc(C#N)c3CO)ccc2[nH]1. The van der Waals surface area contributed by atoms with E-state index in [0.29, 0.717) is 11.1 Å². The Kier molecular flexibility index (Phi) is 3.80. The van der Waals surface area contributed by atoms with Crippen molar-refractivity contribution in [1.29, 1.82) is 10.5 Å². The van der Waals surface area contributed by atoms with Gasteiger partial charge in [0.15, 0.2) is 0 Å². The van der Waals surface area contributed by atoms with Gasteiger partial charge in [-0.1, -0.05) is 6.07 Å². The Morgan fingerprint density at radius 2 is 2.04 bits per heavy atom. The van der Waals surface area contributed by atoms with Crippen molar-refractivity contribution in [2.75, 3.05) is 0 Å². The molecule has 0 atom stereocenters.